The Morgan fingerprint density at radius 1 is 1.15 bits per heavy atom. The monoisotopic (exact) mass is 357 g/mol. The fourth-order valence-corrected chi connectivity index (χ4v) is 4.43. The predicted molar refractivity (Wildman–Crippen MR) is 102 cm³/mol. The van der Waals surface area contributed by atoms with Gasteiger partial charge in [0.05, 0.1) is 6.20 Å². The van der Waals surface area contributed by atoms with Crippen molar-refractivity contribution in [2.75, 3.05) is 37.6 Å². The highest BCUT2D eigenvalue weighted by molar-refractivity contribution is 5.81. The number of carbonyl (C=O) groups is 1. The summed E-state index contributed by atoms with van der Waals surface area (Å²) in [5, 5.41) is 3.32. The van der Waals surface area contributed by atoms with E-state index in [2.05, 4.69) is 32.0 Å². The molecule has 0 bridgehead atoms. The highest BCUT2D eigenvalue weighted by atomic mass is 16.2. The van der Waals surface area contributed by atoms with Crippen molar-refractivity contribution in [3.8, 4) is 0 Å². The Morgan fingerprint density at radius 2 is 1.92 bits per heavy atom. The normalized spacial score (nSPS) is 32.3. The van der Waals surface area contributed by atoms with E-state index in [9.17, 15) is 4.79 Å². The lowest BCUT2D eigenvalue weighted by atomic mass is 9.87. The third-order valence-electron chi connectivity index (χ3n) is 6.36. The molecule has 3 fully saturated rings. The van der Waals surface area contributed by atoms with Gasteiger partial charge in [-0.2, -0.15) is 0 Å². The number of hydrogen-bond acceptors (Lipinski definition) is 5. The topological polar surface area (TPSA) is 61.4 Å². The second-order valence-electron chi connectivity index (χ2n) is 8.42. The molecule has 1 aliphatic heterocycles. The zero-order chi connectivity index (χ0) is 17.9. The van der Waals surface area contributed by atoms with Crippen molar-refractivity contribution >= 4 is 11.7 Å². The van der Waals surface area contributed by atoms with Crippen molar-refractivity contribution in [3.63, 3.8) is 0 Å². The number of aromatic nitrogens is 2. The van der Waals surface area contributed by atoms with Crippen LogP contribution in [0.1, 0.15) is 39.0 Å². The molecule has 1 saturated heterocycles. The molecule has 0 aromatic carbocycles. The van der Waals surface area contributed by atoms with Crippen LogP contribution in [0, 0.1) is 17.8 Å². The average Bonchev–Trinajstić information content (AvgIpc) is 3.44. The summed E-state index contributed by atoms with van der Waals surface area (Å²) in [6.45, 7) is 7.45. The molecule has 0 radical (unpaired) electrons. The minimum Gasteiger partial charge on any atom is -0.353 e. The summed E-state index contributed by atoms with van der Waals surface area (Å²) in [5.41, 5.74) is 0. The molecule has 1 amide bonds. The van der Waals surface area contributed by atoms with E-state index in [1.807, 2.05) is 6.20 Å². The largest absolute Gasteiger partial charge is 0.353 e. The lowest BCUT2D eigenvalue weighted by Crippen LogP contribution is -2.47. The standard InChI is InChI=1S/C20H31N5O/c1-15-2-4-17(5-3-15)23-20(26)18-12-16(18)14-24-8-10-25(11-9-24)19-13-21-6-7-22-19/h6-7,13,15-18H,2-5,8-12,14H2,1H3,(H,23,26)/t15?,16-,17?,18+/m0/s1. The maximum Gasteiger partial charge on any atom is 0.223 e. The van der Waals surface area contributed by atoms with E-state index in [1.165, 1.54) is 12.8 Å². The molecular weight excluding hydrogens is 326 g/mol. The van der Waals surface area contributed by atoms with Crippen molar-refractivity contribution in [2.45, 2.75) is 45.1 Å². The zero-order valence-electron chi connectivity index (χ0n) is 15.8. The van der Waals surface area contributed by atoms with E-state index in [1.54, 1.807) is 12.4 Å². The maximum absolute atomic E-state index is 12.5. The minimum absolute atomic E-state index is 0.257. The molecule has 26 heavy (non-hydrogen) atoms. The summed E-state index contributed by atoms with van der Waals surface area (Å²) in [4.78, 5) is 25.8. The molecule has 1 aromatic heterocycles. The Kier molecular flexibility index (Phi) is 5.38. The quantitative estimate of drug-likeness (QED) is 0.872. The molecule has 2 heterocycles. The van der Waals surface area contributed by atoms with Crippen LogP contribution in [0.15, 0.2) is 18.6 Å². The van der Waals surface area contributed by atoms with Crippen LogP contribution in [0.5, 0.6) is 0 Å². The van der Waals surface area contributed by atoms with Crippen LogP contribution in [0.2, 0.25) is 0 Å². The van der Waals surface area contributed by atoms with Gasteiger partial charge in [-0.15, -0.1) is 0 Å². The second-order valence-corrected chi connectivity index (χ2v) is 8.42. The van der Waals surface area contributed by atoms with Gasteiger partial charge in [0.2, 0.25) is 5.91 Å². The smallest absolute Gasteiger partial charge is 0.223 e. The number of carbonyl (C=O) groups excluding carboxylic acids is 1. The van der Waals surface area contributed by atoms with E-state index in [4.69, 9.17) is 0 Å². The van der Waals surface area contributed by atoms with Gasteiger partial charge in [0.15, 0.2) is 0 Å². The highest BCUT2D eigenvalue weighted by Gasteiger charge is 2.44. The average molecular weight is 358 g/mol. The van der Waals surface area contributed by atoms with Crippen molar-refractivity contribution in [1.82, 2.24) is 20.2 Å². The van der Waals surface area contributed by atoms with E-state index in [-0.39, 0.29) is 5.92 Å². The lowest BCUT2D eigenvalue weighted by Gasteiger charge is -2.35. The summed E-state index contributed by atoms with van der Waals surface area (Å²) in [5.74, 6) is 2.93. The van der Waals surface area contributed by atoms with Crippen molar-refractivity contribution in [1.29, 1.82) is 0 Å². The molecule has 2 saturated carbocycles. The van der Waals surface area contributed by atoms with Gasteiger partial charge in [-0.25, -0.2) is 4.98 Å². The van der Waals surface area contributed by atoms with Crippen LogP contribution < -0.4 is 10.2 Å². The molecule has 3 aliphatic rings. The molecule has 2 aliphatic carbocycles. The fraction of sp³-hybridized carbons (Fsp3) is 0.750. The number of anilines is 1. The number of amides is 1. The number of nitrogens with zero attached hydrogens (tertiary/aromatic N) is 4. The highest BCUT2D eigenvalue weighted by Crippen LogP contribution is 2.40. The molecule has 1 N–H and O–H groups in total. The SMILES string of the molecule is CC1CCC(NC(=O)[C@@H]2C[C@H]2CN2CCN(c3cnccn3)CC2)CC1. The Morgan fingerprint density at radius 3 is 2.62 bits per heavy atom. The molecule has 0 unspecified atom stereocenters. The number of hydrogen-bond donors (Lipinski definition) is 1. The summed E-state index contributed by atoms with van der Waals surface area (Å²) in [6.07, 6.45) is 11.2. The van der Waals surface area contributed by atoms with Crippen LogP contribution in [-0.4, -0.2) is 59.5 Å². The first-order valence-electron chi connectivity index (χ1n) is 10.2. The molecule has 1 aromatic rings. The van der Waals surface area contributed by atoms with Gasteiger partial charge in [-0.05, 0) is 43.9 Å². The zero-order valence-corrected chi connectivity index (χ0v) is 15.8. The summed E-state index contributed by atoms with van der Waals surface area (Å²) in [6, 6.07) is 0.426. The van der Waals surface area contributed by atoms with Crippen LogP contribution in [0.25, 0.3) is 0 Å². The Hall–Kier alpha value is -1.69. The van der Waals surface area contributed by atoms with Gasteiger partial charge in [0.1, 0.15) is 5.82 Å². The maximum atomic E-state index is 12.5. The lowest BCUT2D eigenvalue weighted by molar-refractivity contribution is -0.123. The van der Waals surface area contributed by atoms with Gasteiger partial charge in [-0.1, -0.05) is 6.92 Å². The van der Waals surface area contributed by atoms with Gasteiger partial charge in [-0.3, -0.25) is 14.7 Å². The van der Waals surface area contributed by atoms with E-state index < -0.39 is 0 Å². The molecule has 142 valence electrons. The first-order valence-corrected chi connectivity index (χ1v) is 10.2. The Balaban J connectivity index is 1.17. The molecule has 0 spiro atoms. The van der Waals surface area contributed by atoms with E-state index in [0.717, 1.165) is 63.7 Å². The summed E-state index contributed by atoms with van der Waals surface area (Å²) < 4.78 is 0. The first-order chi connectivity index (χ1) is 12.7. The second kappa shape index (κ2) is 7.91. The number of rotatable bonds is 5. The van der Waals surface area contributed by atoms with Crippen LogP contribution in [-0.2, 0) is 4.79 Å². The van der Waals surface area contributed by atoms with Crippen LogP contribution >= 0.6 is 0 Å². The van der Waals surface area contributed by atoms with Gasteiger partial charge in [0.25, 0.3) is 0 Å². The molecule has 6 heteroatoms. The molecule has 6 nitrogen and oxygen atoms in total. The van der Waals surface area contributed by atoms with E-state index in [0.29, 0.717) is 17.9 Å². The third kappa shape index (κ3) is 4.34. The Bertz CT molecular complexity index is 593. The number of nitrogens with one attached hydrogen (secondary N) is 1. The minimum atomic E-state index is 0.257. The summed E-state index contributed by atoms with van der Waals surface area (Å²) >= 11 is 0. The van der Waals surface area contributed by atoms with Gasteiger partial charge >= 0.3 is 0 Å². The third-order valence-corrected chi connectivity index (χ3v) is 6.36. The van der Waals surface area contributed by atoms with Crippen molar-refractivity contribution < 1.29 is 4.79 Å². The van der Waals surface area contributed by atoms with E-state index >= 15 is 0 Å². The molecule has 2 atom stereocenters. The van der Waals surface area contributed by atoms with Crippen LogP contribution in [0.4, 0.5) is 5.82 Å². The number of piperazine rings is 1. The Labute approximate surface area is 156 Å². The fourth-order valence-electron chi connectivity index (χ4n) is 4.43. The van der Waals surface area contributed by atoms with Crippen LogP contribution in [0.3, 0.4) is 0 Å². The predicted octanol–water partition coefficient (Wildman–Crippen LogP) is 1.93. The summed E-state index contributed by atoms with van der Waals surface area (Å²) in [7, 11) is 0. The van der Waals surface area contributed by atoms with Crippen molar-refractivity contribution in [3.05, 3.63) is 18.6 Å². The first kappa shape index (κ1) is 17.7. The molecule has 4 rings (SSSR count). The van der Waals surface area contributed by atoms with Gasteiger partial charge < -0.3 is 10.2 Å². The molecular formula is C20H31N5O. The van der Waals surface area contributed by atoms with Crippen molar-refractivity contribution in [2.24, 2.45) is 17.8 Å². The van der Waals surface area contributed by atoms with Gasteiger partial charge in [0, 0.05) is 57.1 Å².